The molecular weight excluding hydrogens is 278 g/mol. The highest BCUT2D eigenvalue weighted by atomic mass is 16.2. The van der Waals surface area contributed by atoms with E-state index in [0.717, 1.165) is 12.0 Å². The lowest BCUT2D eigenvalue weighted by atomic mass is 10.0. The number of amides is 2. The Morgan fingerprint density at radius 2 is 1.73 bits per heavy atom. The zero-order chi connectivity index (χ0) is 16.5. The van der Waals surface area contributed by atoms with Crippen LogP contribution in [0.4, 0.5) is 0 Å². The highest BCUT2D eigenvalue weighted by Gasteiger charge is 2.22. The van der Waals surface area contributed by atoms with Crippen LogP contribution >= 0.6 is 0 Å². The minimum Gasteiger partial charge on any atom is -0.352 e. The molecule has 0 heterocycles. The van der Waals surface area contributed by atoms with Gasteiger partial charge in [0.25, 0.3) is 0 Å². The SMILES string of the molecule is CC(C)CC(C)NC(=O)C(Cc1ccccc1)NC(=O)CN. The molecule has 0 saturated carbocycles. The van der Waals surface area contributed by atoms with Gasteiger partial charge in [-0.15, -0.1) is 0 Å². The zero-order valence-electron chi connectivity index (χ0n) is 13.6. The molecule has 1 aromatic carbocycles. The number of carbonyl (C=O) groups excluding carboxylic acids is 2. The monoisotopic (exact) mass is 305 g/mol. The van der Waals surface area contributed by atoms with Gasteiger partial charge in [0.15, 0.2) is 0 Å². The summed E-state index contributed by atoms with van der Waals surface area (Å²) < 4.78 is 0. The van der Waals surface area contributed by atoms with Crippen LogP contribution in [0.3, 0.4) is 0 Å². The number of carbonyl (C=O) groups is 2. The molecule has 0 aromatic heterocycles. The second-order valence-electron chi connectivity index (χ2n) is 6.05. The number of nitrogens with one attached hydrogen (secondary N) is 2. The molecule has 0 spiro atoms. The number of rotatable bonds is 8. The Bertz CT molecular complexity index is 474. The first-order valence-electron chi connectivity index (χ1n) is 7.76. The van der Waals surface area contributed by atoms with E-state index in [1.54, 1.807) is 0 Å². The van der Waals surface area contributed by atoms with Crippen LogP contribution in [-0.2, 0) is 16.0 Å². The highest BCUT2D eigenvalue weighted by molar-refractivity contribution is 5.88. The molecule has 0 saturated heterocycles. The van der Waals surface area contributed by atoms with E-state index in [4.69, 9.17) is 5.73 Å². The predicted molar refractivity (Wildman–Crippen MR) is 88.2 cm³/mol. The maximum atomic E-state index is 12.4. The Morgan fingerprint density at radius 3 is 2.27 bits per heavy atom. The summed E-state index contributed by atoms with van der Waals surface area (Å²) in [5.41, 5.74) is 6.33. The molecule has 0 fully saturated rings. The average molecular weight is 305 g/mol. The molecule has 2 atom stereocenters. The van der Waals surface area contributed by atoms with Gasteiger partial charge in [-0.3, -0.25) is 9.59 Å². The van der Waals surface area contributed by atoms with E-state index in [-0.39, 0.29) is 24.4 Å². The molecule has 1 rings (SSSR count). The summed E-state index contributed by atoms with van der Waals surface area (Å²) in [6.45, 7) is 6.07. The predicted octanol–water partition coefficient (Wildman–Crippen LogP) is 1.22. The summed E-state index contributed by atoms with van der Waals surface area (Å²) in [5.74, 6) is 0.00732. The molecule has 0 aliphatic rings. The van der Waals surface area contributed by atoms with Crippen molar-refractivity contribution in [2.24, 2.45) is 11.7 Å². The lowest BCUT2D eigenvalue weighted by molar-refractivity contribution is -0.128. The third-order valence-corrected chi connectivity index (χ3v) is 3.33. The van der Waals surface area contributed by atoms with Crippen LogP contribution in [0, 0.1) is 5.92 Å². The number of hydrogen-bond acceptors (Lipinski definition) is 3. The molecular formula is C17H27N3O2. The Hall–Kier alpha value is -1.88. The Labute approximate surface area is 132 Å². The van der Waals surface area contributed by atoms with E-state index < -0.39 is 6.04 Å². The summed E-state index contributed by atoms with van der Waals surface area (Å²) in [6.07, 6.45) is 1.35. The first-order chi connectivity index (χ1) is 10.4. The quantitative estimate of drug-likeness (QED) is 0.675. The maximum Gasteiger partial charge on any atom is 0.243 e. The van der Waals surface area contributed by atoms with Crippen molar-refractivity contribution < 1.29 is 9.59 Å². The van der Waals surface area contributed by atoms with Crippen LogP contribution in [0.2, 0.25) is 0 Å². The van der Waals surface area contributed by atoms with E-state index in [0.29, 0.717) is 12.3 Å². The second-order valence-corrected chi connectivity index (χ2v) is 6.05. The van der Waals surface area contributed by atoms with E-state index >= 15 is 0 Å². The molecule has 4 N–H and O–H groups in total. The summed E-state index contributed by atoms with van der Waals surface area (Å²) in [7, 11) is 0. The zero-order valence-corrected chi connectivity index (χ0v) is 13.6. The third kappa shape index (κ3) is 6.72. The standard InChI is InChI=1S/C17H27N3O2/c1-12(2)9-13(3)19-17(22)15(20-16(21)11-18)10-14-7-5-4-6-8-14/h4-8,12-13,15H,9-11,18H2,1-3H3,(H,19,22)(H,20,21). The lowest BCUT2D eigenvalue weighted by Crippen LogP contribution is -2.51. The van der Waals surface area contributed by atoms with Crippen molar-refractivity contribution in [3.05, 3.63) is 35.9 Å². The molecule has 122 valence electrons. The molecule has 1 aromatic rings. The van der Waals surface area contributed by atoms with Gasteiger partial charge in [-0.1, -0.05) is 44.2 Å². The molecule has 0 radical (unpaired) electrons. The minimum absolute atomic E-state index is 0.0700. The van der Waals surface area contributed by atoms with Crippen molar-refractivity contribution in [2.75, 3.05) is 6.54 Å². The van der Waals surface area contributed by atoms with Gasteiger partial charge in [-0.05, 0) is 24.8 Å². The molecule has 2 amide bonds. The normalized spacial score (nSPS) is 13.5. The Balaban J connectivity index is 2.71. The van der Waals surface area contributed by atoms with Gasteiger partial charge >= 0.3 is 0 Å². The third-order valence-electron chi connectivity index (χ3n) is 3.33. The van der Waals surface area contributed by atoms with E-state index in [1.165, 1.54) is 0 Å². The Kier molecular flexibility index (Phi) is 7.60. The Morgan fingerprint density at radius 1 is 1.09 bits per heavy atom. The van der Waals surface area contributed by atoms with Crippen LogP contribution in [0.1, 0.15) is 32.8 Å². The topological polar surface area (TPSA) is 84.2 Å². The fourth-order valence-corrected chi connectivity index (χ4v) is 2.42. The van der Waals surface area contributed by atoms with Gasteiger partial charge in [0.05, 0.1) is 6.54 Å². The van der Waals surface area contributed by atoms with Gasteiger partial charge in [0.1, 0.15) is 6.04 Å². The molecule has 22 heavy (non-hydrogen) atoms. The van der Waals surface area contributed by atoms with Gasteiger partial charge in [0.2, 0.25) is 11.8 Å². The average Bonchev–Trinajstić information content (AvgIpc) is 2.46. The summed E-state index contributed by atoms with van der Waals surface area (Å²) in [4.78, 5) is 24.0. The summed E-state index contributed by atoms with van der Waals surface area (Å²) in [6, 6.07) is 9.08. The van der Waals surface area contributed by atoms with Crippen LogP contribution in [0.25, 0.3) is 0 Å². The second kappa shape index (κ2) is 9.20. The molecule has 0 aliphatic heterocycles. The molecule has 0 aliphatic carbocycles. The number of benzene rings is 1. The molecule has 5 nitrogen and oxygen atoms in total. The largest absolute Gasteiger partial charge is 0.352 e. The molecule has 0 bridgehead atoms. The maximum absolute atomic E-state index is 12.4. The molecule has 2 unspecified atom stereocenters. The molecule has 5 heteroatoms. The smallest absolute Gasteiger partial charge is 0.243 e. The van der Waals surface area contributed by atoms with Crippen molar-refractivity contribution in [2.45, 2.75) is 45.7 Å². The first-order valence-corrected chi connectivity index (χ1v) is 7.76. The van der Waals surface area contributed by atoms with E-state index in [2.05, 4.69) is 24.5 Å². The van der Waals surface area contributed by atoms with Crippen molar-refractivity contribution in [1.29, 1.82) is 0 Å². The van der Waals surface area contributed by atoms with E-state index in [1.807, 2.05) is 37.3 Å². The van der Waals surface area contributed by atoms with Crippen molar-refractivity contribution in [3.8, 4) is 0 Å². The fourth-order valence-electron chi connectivity index (χ4n) is 2.42. The highest BCUT2D eigenvalue weighted by Crippen LogP contribution is 2.07. The van der Waals surface area contributed by atoms with Gasteiger partial charge in [-0.25, -0.2) is 0 Å². The lowest BCUT2D eigenvalue weighted by Gasteiger charge is -2.22. The summed E-state index contributed by atoms with van der Waals surface area (Å²) >= 11 is 0. The van der Waals surface area contributed by atoms with Crippen LogP contribution in [-0.4, -0.2) is 30.4 Å². The first kappa shape index (κ1) is 18.2. The van der Waals surface area contributed by atoms with Gasteiger partial charge < -0.3 is 16.4 Å². The van der Waals surface area contributed by atoms with Crippen LogP contribution in [0.15, 0.2) is 30.3 Å². The number of nitrogens with two attached hydrogens (primary N) is 1. The van der Waals surface area contributed by atoms with Crippen LogP contribution in [0.5, 0.6) is 0 Å². The number of hydrogen-bond donors (Lipinski definition) is 3. The minimum atomic E-state index is -0.604. The van der Waals surface area contributed by atoms with Gasteiger partial charge in [0, 0.05) is 12.5 Å². The van der Waals surface area contributed by atoms with Crippen molar-refractivity contribution in [3.63, 3.8) is 0 Å². The van der Waals surface area contributed by atoms with E-state index in [9.17, 15) is 9.59 Å². The van der Waals surface area contributed by atoms with Crippen molar-refractivity contribution in [1.82, 2.24) is 10.6 Å². The van der Waals surface area contributed by atoms with Crippen molar-refractivity contribution >= 4 is 11.8 Å². The fraction of sp³-hybridized carbons (Fsp3) is 0.529. The van der Waals surface area contributed by atoms with Gasteiger partial charge in [-0.2, -0.15) is 0 Å². The summed E-state index contributed by atoms with van der Waals surface area (Å²) in [5, 5.41) is 5.66. The van der Waals surface area contributed by atoms with Crippen LogP contribution < -0.4 is 16.4 Å².